The van der Waals surface area contributed by atoms with Crippen molar-refractivity contribution in [2.24, 2.45) is 5.73 Å². The maximum atomic E-state index is 12.7. The zero-order valence-corrected chi connectivity index (χ0v) is 19.2. The predicted octanol–water partition coefficient (Wildman–Crippen LogP) is 4.21. The Morgan fingerprint density at radius 3 is 2.42 bits per heavy atom. The van der Waals surface area contributed by atoms with Crippen LogP contribution in [0, 0.1) is 0 Å². The van der Waals surface area contributed by atoms with E-state index in [1.807, 2.05) is 79.7 Å². The molecule has 2 aromatic carbocycles. The molecule has 3 rings (SSSR count). The summed E-state index contributed by atoms with van der Waals surface area (Å²) in [5.41, 5.74) is 9.84. The van der Waals surface area contributed by atoms with E-state index in [9.17, 15) is 4.79 Å². The third-order valence-corrected chi connectivity index (χ3v) is 6.26. The summed E-state index contributed by atoms with van der Waals surface area (Å²) in [6, 6.07) is 23.8. The number of hydrogen-bond donors (Lipinski definition) is 4. The van der Waals surface area contributed by atoms with E-state index in [1.54, 1.807) is 0 Å². The number of thiol groups is 1. The molecule has 0 saturated carbocycles. The van der Waals surface area contributed by atoms with Crippen LogP contribution < -0.4 is 16.4 Å². The second-order valence-electron chi connectivity index (χ2n) is 7.20. The molecule has 2 atom stereocenters. The van der Waals surface area contributed by atoms with Gasteiger partial charge in [-0.3, -0.25) is 4.79 Å². The Hall–Kier alpha value is -2.48. The van der Waals surface area contributed by atoms with Crippen LogP contribution in [0.1, 0.15) is 12.5 Å². The van der Waals surface area contributed by atoms with Crippen LogP contribution in [-0.2, 0) is 11.3 Å². The number of benzene rings is 2. The molecule has 3 aromatic rings. The van der Waals surface area contributed by atoms with Crippen LogP contribution in [0.4, 0.5) is 5.69 Å². The molecule has 0 radical (unpaired) electrons. The zero-order valence-electron chi connectivity index (χ0n) is 17.5. The van der Waals surface area contributed by atoms with Gasteiger partial charge in [0.2, 0.25) is 5.91 Å². The summed E-state index contributed by atoms with van der Waals surface area (Å²) in [6.07, 6.45) is 0. The highest BCUT2D eigenvalue weighted by atomic mass is 32.2. The highest BCUT2D eigenvalue weighted by Crippen LogP contribution is 2.31. The van der Waals surface area contributed by atoms with Gasteiger partial charge in [-0.15, -0.1) is 0 Å². The number of nitrogens with two attached hydrogens (primary N) is 1. The van der Waals surface area contributed by atoms with Crippen LogP contribution in [0.15, 0.2) is 77.8 Å². The van der Waals surface area contributed by atoms with E-state index in [-0.39, 0.29) is 17.2 Å². The van der Waals surface area contributed by atoms with E-state index in [1.165, 1.54) is 11.8 Å². The van der Waals surface area contributed by atoms with E-state index >= 15 is 0 Å². The Balaban J connectivity index is 1.74. The molecule has 2 unspecified atom stereocenters. The number of rotatable bonds is 10. The van der Waals surface area contributed by atoms with Crippen molar-refractivity contribution in [1.82, 2.24) is 10.3 Å². The second-order valence-corrected chi connectivity index (χ2v) is 8.90. The van der Waals surface area contributed by atoms with Crippen molar-refractivity contribution in [3.8, 4) is 11.3 Å². The van der Waals surface area contributed by atoms with Crippen LogP contribution >= 0.6 is 24.4 Å². The van der Waals surface area contributed by atoms with E-state index in [2.05, 4.69) is 23.3 Å². The molecule has 162 valence electrons. The molecule has 0 aliphatic heterocycles. The number of carbonyl (C=O) groups is 1. The summed E-state index contributed by atoms with van der Waals surface area (Å²) in [5, 5.41) is 6.83. The highest BCUT2D eigenvalue weighted by molar-refractivity contribution is 8.00. The normalized spacial score (nSPS) is 12.7. The first-order chi connectivity index (χ1) is 15.1. The maximum absolute atomic E-state index is 12.7. The smallest absolute Gasteiger partial charge is 0.233 e. The zero-order chi connectivity index (χ0) is 22.1. The fourth-order valence-corrected chi connectivity index (χ4v) is 3.96. The minimum absolute atomic E-state index is 0.0289. The van der Waals surface area contributed by atoms with Crippen LogP contribution in [0.25, 0.3) is 11.3 Å². The molecule has 1 amide bonds. The number of carbonyl (C=O) groups excluding carboxylic acids is 1. The van der Waals surface area contributed by atoms with Crippen LogP contribution in [0.3, 0.4) is 0 Å². The minimum atomic E-state index is -0.304. The number of thioether (sulfide) groups is 1. The molecule has 7 heteroatoms. The summed E-state index contributed by atoms with van der Waals surface area (Å²) in [6.45, 7) is 2.98. The predicted molar refractivity (Wildman–Crippen MR) is 134 cm³/mol. The van der Waals surface area contributed by atoms with E-state index in [0.717, 1.165) is 27.5 Å². The van der Waals surface area contributed by atoms with Crippen molar-refractivity contribution >= 4 is 36.0 Å². The first-order valence-corrected chi connectivity index (χ1v) is 11.7. The Kier molecular flexibility index (Phi) is 8.82. The number of nitrogens with one attached hydrogen (secondary N) is 2. The first kappa shape index (κ1) is 23.2. The van der Waals surface area contributed by atoms with Crippen LogP contribution in [-0.4, -0.2) is 34.5 Å². The Morgan fingerprint density at radius 2 is 1.74 bits per heavy atom. The molecule has 0 aliphatic rings. The number of anilines is 1. The standard InChI is InChI=1S/C24H28N4OS2/c1-17(23(29)27-14-18-8-4-2-5-9-18)31-24-22(26-15-20(25)16-30)13-12-21(28-24)19-10-6-3-7-11-19/h2-13,17,20,26,30H,14-16,25H2,1H3,(H,27,29). The summed E-state index contributed by atoms with van der Waals surface area (Å²) in [5.74, 6) is 0.558. The molecule has 1 heterocycles. The summed E-state index contributed by atoms with van der Waals surface area (Å²) < 4.78 is 0. The van der Waals surface area contributed by atoms with E-state index < -0.39 is 0 Å². The highest BCUT2D eigenvalue weighted by Gasteiger charge is 2.18. The molecule has 0 saturated heterocycles. The van der Waals surface area contributed by atoms with Crippen LogP contribution in [0.5, 0.6) is 0 Å². The molecule has 5 nitrogen and oxygen atoms in total. The van der Waals surface area contributed by atoms with Crippen molar-refractivity contribution in [2.45, 2.75) is 29.8 Å². The average Bonchev–Trinajstić information content (AvgIpc) is 2.82. The second kappa shape index (κ2) is 11.8. The van der Waals surface area contributed by atoms with Gasteiger partial charge in [-0.05, 0) is 24.6 Å². The molecule has 0 aliphatic carbocycles. The van der Waals surface area contributed by atoms with E-state index in [0.29, 0.717) is 18.8 Å². The number of nitrogens with zero attached hydrogens (tertiary/aromatic N) is 1. The van der Waals surface area contributed by atoms with Gasteiger partial charge in [0.1, 0.15) is 5.03 Å². The van der Waals surface area contributed by atoms with Gasteiger partial charge in [0.05, 0.1) is 16.6 Å². The lowest BCUT2D eigenvalue weighted by atomic mass is 10.1. The van der Waals surface area contributed by atoms with Crippen molar-refractivity contribution in [3.63, 3.8) is 0 Å². The fourth-order valence-electron chi connectivity index (χ4n) is 2.89. The lowest BCUT2D eigenvalue weighted by Crippen LogP contribution is -2.31. The van der Waals surface area contributed by atoms with Gasteiger partial charge in [-0.2, -0.15) is 12.6 Å². The summed E-state index contributed by atoms with van der Waals surface area (Å²) in [7, 11) is 0. The van der Waals surface area contributed by atoms with Gasteiger partial charge in [-0.25, -0.2) is 4.98 Å². The van der Waals surface area contributed by atoms with Gasteiger partial charge < -0.3 is 16.4 Å². The van der Waals surface area contributed by atoms with Crippen molar-refractivity contribution < 1.29 is 4.79 Å². The molecular weight excluding hydrogens is 424 g/mol. The van der Waals surface area contributed by atoms with Gasteiger partial charge in [0.15, 0.2) is 0 Å². The minimum Gasteiger partial charge on any atom is -0.381 e. The van der Waals surface area contributed by atoms with E-state index in [4.69, 9.17) is 10.7 Å². The quantitative estimate of drug-likeness (QED) is 0.274. The van der Waals surface area contributed by atoms with Crippen molar-refractivity contribution in [1.29, 1.82) is 0 Å². The SMILES string of the molecule is CC(Sc1nc(-c2ccccc2)ccc1NCC(N)CS)C(=O)NCc1ccccc1. The van der Waals surface area contributed by atoms with Crippen molar-refractivity contribution in [2.75, 3.05) is 17.6 Å². The molecule has 0 spiro atoms. The largest absolute Gasteiger partial charge is 0.381 e. The number of amides is 1. The van der Waals surface area contributed by atoms with Gasteiger partial charge in [0, 0.05) is 30.4 Å². The lowest BCUT2D eigenvalue weighted by Gasteiger charge is -2.17. The topological polar surface area (TPSA) is 80.0 Å². The molecule has 4 N–H and O–H groups in total. The molecular formula is C24H28N4OS2. The maximum Gasteiger partial charge on any atom is 0.233 e. The number of pyridine rings is 1. The lowest BCUT2D eigenvalue weighted by molar-refractivity contribution is -0.120. The molecule has 0 bridgehead atoms. The summed E-state index contributed by atoms with van der Waals surface area (Å²) >= 11 is 5.69. The molecule has 31 heavy (non-hydrogen) atoms. The average molecular weight is 453 g/mol. The first-order valence-electron chi connectivity index (χ1n) is 10.2. The third-order valence-electron chi connectivity index (χ3n) is 4.69. The number of aromatic nitrogens is 1. The fraction of sp³-hybridized carbons (Fsp3) is 0.250. The van der Waals surface area contributed by atoms with Gasteiger partial charge >= 0.3 is 0 Å². The monoisotopic (exact) mass is 452 g/mol. The van der Waals surface area contributed by atoms with Gasteiger partial charge in [-0.1, -0.05) is 72.4 Å². The number of hydrogen-bond acceptors (Lipinski definition) is 6. The molecule has 1 aromatic heterocycles. The van der Waals surface area contributed by atoms with Crippen molar-refractivity contribution in [3.05, 3.63) is 78.4 Å². The summed E-state index contributed by atoms with van der Waals surface area (Å²) in [4.78, 5) is 17.5. The van der Waals surface area contributed by atoms with Crippen LogP contribution in [0.2, 0.25) is 0 Å². The Morgan fingerprint density at radius 1 is 1.06 bits per heavy atom. The Labute approximate surface area is 193 Å². The van der Waals surface area contributed by atoms with Gasteiger partial charge in [0.25, 0.3) is 0 Å². The third kappa shape index (κ3) is 7.02. The molecule has 0 fully saturated rings. The Bertz CT molecular complexity index is 970.